The molecule has 0 atom stereocenters. The Morgan fingerprint density at radius 1 is 1.35 bits per heavy atom. The average Bonchev–Trinajstić information content (AvgIpc) is 2.49. The van der Waals surface area contributed by atoms with Gasteiger partial charge in [-0.15, -0.1) is 6.58 Å². The standard InChI is InChI=1S/C17H22N2O/c1-3-5-8-11-20-17-12-14(13-18-4-2)15-9-6-7-10-16(15)19-17/h3,6-7,9-10,12,18H,1,4-5,8,11,13H2,2H3. The lowest BCUT2D eigenvalue weighted by atomic mass is 10.1. The molecule has 0 unspecified atom stereocenters. The van der Waals surface area contributed by atoms with E-state index in [1.54, 1.807) is 0 Å². The molecule has 1 aromatic carbocycles. The molecule has 1 aromatic heterocycles. The van der Waals surface area contributed by atoms with Gasteiger partial charge in [-0.1, -0.05) is 31.2 Å². The predicted molar refractivity (Wildman–Crippen MR) is 84.0 cm³/mol. The largest absolute Gasteiger partial charge is 0.478 e. The van der Waals surface area contributed by atoms with Crippen LogP contribution in [-0.4, -0.2) is 18.1 Å². The normalized spacial score (nSPS) is 10.7. The van der Waals surface area contributed by atoms with Gasteiger partial charge in [0.2, 0.25) is 5.88 Å². The zero-order valence-corrected chi connectivity index (χ0v) is 12.1. The smallest absolute Gasteiger partial charge is 0.214 e. The number of rotatable bonds is 8. The van der Waals surface area contributed by atoms with Crippen molar-refractivity contribution in [1.29, 1.82) is 0 Å². The topological polar surface area (TPSA) is 34.1 Å². The van der Waals surface area contributed by atoms with Crippen LogP contribution in [0.1, 0.15) is 25.3 Å². The van der Waals surface area contributed by atoms with Gasteiger partial charge in [-0.3, -0.25) is 0 Å². The minimum atomic E-state index is 0.679. The van der Waals surface area contributed by atoms with Crippen LogP contribution in [0.15, 0.2) is 43.0 Å². The molecule has 0 aliphatic rings. The van der Waals surface area contributed by atoms with Crippen molar-refractivity contribution in [3.8, 4) is 5.88 Å². The van der Waals surface area contributed by atoms with Gasteiger partial charge in [0.25, 0.3) is 0 Å². The molecule has 2 aromatic rings. The number of allylic oxidation sites excluding steroid dienone is 1. The van der Waals surface area contributed by atoms with E-state index in [0.717, 1.165) is 31.4 Å². The summed E-state index contributed by atoms with van der Waals surface area (Å²) in [6.45, 7) is 8.29. The Kier molecular flexibility index (Phi) is 5.56. The maximum atomic E-state index is 5.75. The summed E-state index contributed by atoms with van der Waals surface area (Å²) in [6, 6.07) is 10.2. The highest BCUT2D eigenvalue weighted by Crippen LogP contribution is 2.22. The lowest BCUT2D eigenvalue weighted by molar-refractivity contribution is 0.301. The van der Waals surface area contributed by atoms with E-state index in [0.29, 0.717) is 12.5 Å². The van der Waals surface area contributed by atoms with Gasteiger partial charge in [0.1, 0.15) is 0 Å². The van der Waals surface area contributed by atoms with E-state index in [-0.39, 0.29) is 0 Å². The number of hydrogen-bond donors (Lipinski definition) is 1. The van der Waals surface area contributed by atoms with Crippen molar-refractivity contribution < 1.29 is 4.74 Å². The Hall–Kier alpha value is -1.87. The fraction of sp³-hybridized carbons (Fsp3) is 0.353. The van der Waals surface area contributed by atoms with Crippen LogP contribution in [0.5, 0.6) is 5.88 Å². The van der Waals surface area contributed by atoms with Crippen LogP contribution in [0, 0.1) is 0 Å². The van der Waals surface area contributed by atoms with Crippen molar-refractivity contribution >= 4 is 10.9 Å². The summed E-state index contributed by atoms with van der Waals surface area (Å²) in [5.74, 6) is 0.709. The molecule has 3 heteroatoms. The third-order valence-electron chi connectivity index (χ3n) is 3.15. The molecule has 2 rings (SSSR count). The summed E-state index contributed by atoms with van der Waals surface area (Å²) in [6.07, 6.45) is 3.85. The Morgan fingerprint density at radius 2 is 2.20 bits per heavy atom. The van der Waals surface area contributed by atoms with Gasteiger partial charge in [-0.25, -0.2) is 4.98 Å². The minimum absolute atomic E-state index is 0.679. The van der Waals surface area contributed by atoms with Gasteiger partial charge in [-0.2, -0.15) is 0 Å². The quantitative estimate of drug-likeness (QED) is 0.587. The van der Waals surface area contributed by atoms with E-state index < -0.39 is 0 Å². The first kappa shape index (κ1) is 14.5. The van der Waals surface area contributed by atoms with Crippen molar-refractivity contribution in [2.45, 2.75) is 26.3 Å². The molecule has 0 aliphatic heterocycles. The zero-order chi connectivity index (χ0) is 14.2. The van der Waals surface area contributed by atoms with Crippen LogP contribution in [0.3, 0.4) is 0 Å². The maximum absolute atomic E-state index is 5.75. The third kappa shape index (κ3) is 3.81. The first-order chi connectivity index (χ1) is 9.85. The van der Waals surface area contributed by atoms with E-state index in [1.807, 2.05) is 30.3 Å². The van der Waals surface area contributed by atoms with Gasteiger partial charge in [0.15, 0.2) is 0 Å². The molecular weight excluding hydrogens is 248 g/mol. The molecule has 20 heavy (non-hydrogen) atoms. The lowest BCUT2D eigenvalue weighted by Crippen LogP contribution is -2.12. The number of fused-ring (bicyclic) bond motifs is 1. The van der Waals surface area contributed by atoms with E-state index >= 15 is 0 Å². The van der Waals surface area contributed by atoms with Crippen LogP contribution in [0.25, 0.3) is 10.9 Å². The van der Waals surface area contributed by atoms with Crippen LogP contribution in [-0.2, 0) is 6.54 Å². The van der Waals surface area contributed by atoms with Crippen molar-refractivity contribution in [3.05, 3.63) is 48.6 Å². The fourth-order valence-electron chi connectivity index (χ4n) is 2.10. The number of pyridine rings is 1. The lowest BCUT2D eigenvalue weighted by Gasteiger charge is -2.11. The monoisotopic (exact) mass is 270 g/mol. The number of nitrogens with zero attached hydrogens (tertiary/aromatic N) is 1. The Labute approximate surface area is 120 Å². The number of hydrogen-bond acceptors (Lipinski definition) is 3. The van der Waals surface area contributed by atoms with Crippen molar-refractivity contribution in [1.82, 2.24) is 10.3 Å². The average molecular weight is 270 g/mol. The van der Waals surface area contributed by atoms with Gasteiger partial charge < -0.3 is 10.1 Å². The van der Waals surface area contributed by atoms with Gasteiger partial charge in [0, 0.05) is 18.0 Å². The highest BCUT2D eigenvalue weighted by Gasteiger charge is 2.06. The fourth-order valence-corrected chi connectivity index (χ4v) is 2.10. The molecule has 0 radical (unpaired) electrons. The van der Waals surface area contributed by atoms with Crippen molar-refractivity contribution in [2.24, 2.45) is 0 Å². The molecule has 0 aliphatic carbocycles. The molecule has 0 fully saturated rings. The van der Waals surface area contributed by atoms with Gasteiger partial charge in [0.05, 0.1) is 12.1 Å². The maximum Gasteiger partial charge on any atom is 0.214 e. The Bertz CT molecular complexity index is 566. The van der Waals surface area contributed by atoms with Crippen LogP contribution < -0.4 is 10.1 Å². The Morgan fingerprint density at radius 3 is 3.00 bits per heavy atom. The summed E-state index contributed by atoms with van der Waals surface area (Å²) in [7, 11) is 0. The molecule has 106 valence electrons. The number of aromatic nitrogens is 1. The first-order valence-corrected chi connectivity index (χ1v) is 7.18. The molecule has 0 amide bonds. The summed E-state index contributed by atoms with van der Waals surface area (Å²) in [5, 5.41) is 4.55. The second-order valence-corrected chi connectivity index (χ2v) is 4.70. The number of nitrogens with one attached hydrogen (secondary N) is 1. The molecule has 0 saturated heterocycles. The molecule has 0 bridgehead atoms. The molecule has 1 heterocycles. The van der Waals surface area contributed by atoms with E-state index in [2.05, 4.69) is 29.9 Å². The minimum Gasteiger partial charge on any atom is -0.478 e. The van der Waals surface area contributed by atoms with Crippen LogP contribution in [0.2, 0.25) is 0 Å². The van der Waals surface area contributed by atoms with Gasteiger partial charge in [-0.05, 0) is 31.0 Å². The molecule has 0 saturated carbocycles. The third-order valence-corrected chi connectivity index (χ3v) is 3.15. The second-order valence-electron chi connectivity index (χ2n) is 4.70. The molecule has 0 spiro atoms. The molecule has 1 N–H and O–H groups in total. The summed E-state index contributed by atoms with van der Waals surface area (Å²) < 4.78 is 5.75. The van der Waals surface area contributed by atoms with E-state index in [4.69, 9.17) is 4.74 Å². The SMILES string of the molecule is C=CCCCOc1cc(CNCC)c2ccccc2n1. The van der Waals surface area contributed by atoms with Crippen LogP contribution in [0.4, 0.5) is 0 Å². The second kappa shape index (κ2) is 7.65. The van der Waals surface area contributed by atoms with Crippen molar-refractivity contribution in [3.63, 3.8) is 0 Å². The molecule has 3 nitrogen and oxygen atoms in total. The highest BCUT2D eigenvalue weighted by atomic mass is 16.5. The first-order valence-electron chi connectivity index (χ1n) is 7.18. The number of ether oxygens (including phenoxy) is 1. The van der Waals surface area contributed by atoms with Crippen LogP contribution >= 0.6 is 0 Å². The summed E-state index contributed by atoms with van der Waals surface area (Å²) in [4.78, 5) is 4.57. The zero-order valence-electron chi connectivity index (χ0n) is 12.1. The number of benzene rings is 1. The predicted octanol–water partition coefficient (Wildman–Crippen LogP) is 3.69. The Balaban J connectivity index is 2.19. The number of para-hydroxylation sites is 1. The van der Waals surface area contributed by atoms with E-state index in [1.165, 1.54) is 10.9 Å². The molecular formula is C17H22N2O. The van der Waals surface area contributed by atoms with Crippen molar-refractivity contribution in [2.75, 3.05) is 13.2 Å². The summed E-state index contributed by atoms with van der Waals surface area (Å²) in [5.41, 5.74) is 2.22. The highest BCUT2D eigenvalue weighted by molar-refractivity contribution is 5.82. The summed E-state index contributed by atoms with van der Waals surface area (Å²) >= 11 is 0. The number of unbranched alkanes of at least 4 members (excludes halogenated alkanes) is 1. The van der Waals surface area contributed by atoms with Gasteiger partial charge >= 0.3 is 0 Å². The van der Waals surface area contributed by atoms with E-state index in [9.17, 15) is 0 Å².